The van der Waals surface area contributed by atoms with Crippen LogP contribution in [0.1, 0.15) is 37.2 Å². The summed E-state index contributed by atoms with van der Waals surface area (Å²) in [6.07, 6.45) is -5.25. The number of anilines is 1. The van der Waals surface area contributed by atoms with Crippen molar-refractivity contribution >= 4 is 17.3 Å². The lowest BCUT2D eigenvalue weighted by Crippen LogP contribution is -2.20. The highest BCUT2D eigenvalue weighted by Gasteiger charge is 2.28. The molecule has 0 radical (unpaired) electrons. The highest BCUT2D eigenvalue weighted by Crippen LogP contribution is 2.39. The van der Waals surface area contributed by atoms with Gasteiger partial charge in [0.25, 0.3) is 0 Å². The number of ether oxygens (including phenoxy) is 1. The van der Waals surface area contributed by atoms with Gasteiger partial charge in [-0.15, -0.1) is 10.2 Å². The van der Waals surface area contributed by atoms with Crippen molar-refractivity contribution in [3.63, 3.8) is 0 Å². The molecule has 0 aliphatic carbocycles. The Morgan fingerprint density at radius 1 is 1.23 bits per heavy atom. The van der Waals surface area contributed by atoms with Gasteiger partial charge >= 0.3 is 6.18 Å². The van der Waals surface area contributed by atoms with Gasteiger partial charge in [-0.05, 0) is 49.7 Å². The molecule has 0 fully saturated rings. The van der Waals surface area contributed by atoms with Gasteiger partial charge in [0.2, 0.25) is 0 Å². The zero-order chi connectivity index (χ0) is 22.2. The van der Waals surface area contributed by atoms with Crippen LogP contribution < -0.4 is 10.1 Å². The number of hydrogen-bond acceptors (Lipinski definition) is 5. The summed E-state index contributed by atoms with van der Waals surface area (Å²) < 4.78 is 44.3. The first-order valence-electron chi connectivity index (χ1n) is 9.52. The molecule has 0 saturated heterocycles. The molecule has 1 aromatic heterocycles. The second-order valence-electron chi connectivity index (χ2n) is 7.14. The van der Waals surface area contributed by atoms with Crippen LogP contribution in [0.2, 0.25) is 5.02 Å². The number of aromatic nitrogens is 3. The summed E-state index contributed by atoms with van der Waals surface area (Å²) >= 11 is 6.42. The zero-order valence-electron chi connectivity index (χ0n) is 16.4. The molecule has 3 aromatic rings. The molecule has 1 atom stereocenters. The SMILES string of the molecule is CC1Nc2cc(C#N)ccc2-n2c(-c3cc(OCCCC(F)(F)F)ccc3Cl)nnc21. The third-order valence-electron chi connectivity index (χ3n) is 4.87. The Balaban J connectivity index is 1.68. The van der Waals surface area contributed by atoms with Crippen molar-refractivity contribution < 1.29 is 17.9 Å². The lowest BCUT2D eigenvalue weighted by molar-refractivity contribution is -0.136. The Bertz CT molecular complexity index is 1170. The molecule has 160 valence electrons. The standard InChI is InChI=1S/C21H17ClF3N5O/c1-12-19-28-29-20(30(19)18-6-3-13(11-26)9-17(18)27-12)15-10-14(4-5-16(15)22)31-8-2-7-21(23,24)25/h3-6,9-10,12,27H,2,7-8H2,1H3. The van der Waals surface area contributed by atoms with Crippen LogP contribution in [0.4, 0.5) is 18.9 Å². The van der Waals surface area contributed by atoms with E-state index < -0.39 is 12.6 Å². The zero-order valence-corrected chi connectivity index (χ0v) is 17.1. The lowest BCUT2D eigenvalue weighted by atomic mass is 10.1. The van der Waals surface area contributed by atoms with E-state index in [0.29, 0.717) is 33.5 Å². The average molecular weight is 448 g/mol. The maximum absolute atomic E-state index is 12.3. The van der Waals surface area contributed by atoms with Crippen LogP contribution in [0.15, 0.2) is 36.4 Å². The maximum Gasteiger partial charge on any atom is 0.389 e. The first kappa shape index (κ1) is 21.0. The summed E-state index contributed by atoms with van der Waals surface area (Å²) in [5.41, 5.74) is 2.58. The highest BCUT2D eigenvalue weighted by molar-refractivity contribution is 6.33. The van der Waals surface area contributed by atoms with Crippen LogP contribution in [0.25, 0.3) is 17.1 Å². The first-order valence-corrected chi connectivity index (χ1v) is 9.90. The summed E-state index contributed by atoms with van der Waals surface area (Å²) in [6.45, 7) is 1.85. The van der Waals surface area contributed by atoms with E-state index in [1.807, 2.05) is 11.5 Å². The van der Waals surface area contributed by atoms with Crippen molar-refractivity contribution in [3.8, 4) is 28.9 Å². The topological polar surface area (TPSA) is 75.8 Å². The molecule has 31 heavy (non-hydrogen) atoms. The fourth-order valence-corrected chi connectivity index (χ4v) is 3.63. The molecule has 0 amide bonds. The molecular weight excluding hydrogens is 431 g/mol. The van der Waals surface area contributed by atoms with Crippen LogP contribution in [0.3, 0.4) is 0 Å². The molecule has 2 aromatic carbocycles. The van der Waals surface area contributed by atoms with E-state index in [0.717, 1.165) is 11.4 Å². The van der Waals surface area contributed by atoms with Crippen molar-refractivity contribution in [2.75, 3.05) is 11.9 Å². The van der Waals surface area contributed by atoms with Crippen LogP contribution in [0, 0.1) is 11.3 Å². The Labute approximate surface area is 181 Å². The van der Waals surface area contributed by atoms with E-state index in [1.165, 1.54) is 0 Å². The molecule has 1 aliphatic rings. The van der Waals surface area contributed by atoms with E-state index >= 15 is 0 Å². The number of nitriles is 1. The van der Waals surface area contributed by atoms with E-state index in [4.69, 9.17) is 16.3 Å². The third kappa shape index (κ3) is 4.30. The van der Waals surface area contributed by atoms with Crippen molar-refractivity contribution in [1.29, 1.82) is 5.26 Å². The minimum Gasteiger partial charge on any atom is -0.494 e. The second-order valence-corrected chi connectivity index (χ2v) is 7.54. The number of benzene rings is 2. The van der Waals surface area contributed by atoms with Gasteiger partial charge in [-0.2, -0.15) is 18.4 Å². The van der Waals surface area contributed by atoms with Crippen LogP contribution in [-0.2, 0) is 0 Å². The predicted molar refractivity (Wildman–Crippen MR) is 109 cm³/mol. The van der Waals surface area contributed by atoms with Crippen molar-refractivity contribution in [1.82, 2.24) is 14.8 Å². The van der Waals surface area contributed by atoms with Gasteiger partial charge in [0.05, 0.1) is 40.7 Å². The number of rotatable bonds is 5. The Kier molecular flexibility index (Phi) is 5.50. The maximum atomic E-state index is 12.3. The van der Waals surface area contributed by atoms with Gasteiger partial charge in [-0.25, -0.2) is 0 Å². The molecule has 1 aliphatic heterocycles. The largest absolute Gasteiger partial charge is 0.494 e. The molecule has 10 heteroatoms. The minimum absolute atomic E-state index is 0.0702. The molecule has 2 heterocycles. The first-order chi connectivity index (χ1) is 14.8. The Morgan fingerprint density at radius 2 is 2.03 bits per heavy atom. The van der Waals surface area contributed by atoms with Gasteiger partial charge in [-0.3, -0.25) is 4.57 Å². The van der Waals surface area contributed by atoms with Crippen molar-refractivity contribution in [3.05, 3.63) is 52.8 Å². The smallest absolute Gasteiger partial charge is 0.389 e. The molecule has 1 N–H and O–H groups in total. The summed E-state index contributed by atoms with van der Waals surface area (Å²) in [7, 11) is 0. The molecule has 0 spiro atoms. The van der Waals surface area contributed by atoms with Gasteiger partial charge in [0.1, 0.15) is 5.75 Å². The second kappa shape index (κ2) is 8.12. The van der Waals surface area contributed by atoms with Gasteiger partial charge in [0, 0.05) is 12.0 Å². The molecule has 6 nitrogen and oxygen atoms in total. The summed E-state index contributed by atoms with van der Waals surface area (Å²) in [5, 5.41) is 21.5. The van der Waals surface area contributed by atoms with E-state index in [9.17, 15) is 18.4 Å². The van der Waals surface area contributed by atoms with Gasteiger partial charge in [0.15, 0.2) is 11.6 Å². The Hall–Kier alpha value is -3.25. The fraction of sp³-hybridized carbons (Fsp3) is 0.286. The highest BCUT2D eigenvalue weighted by atomic mass is 35.5. The van der Waals surface area contributed by atoms with Crippen molar-refractivity contribution in [2.45, 2.75) is 32.0 Å². The molecule has 0 saturated carbocycles. The van der Waals surface area contributed by atoms with E-state index in [2.05, 4.69) is 21.6 Å². The number of alkyl halides is 3. The van der Waals surface area contributed by atoms with Crippen LogP contribution >= 0.6 is 11.6 Å². The quantitative estimate of drug-likeness (QED) is 0.510. The van der Waals surface area contributed by atoms with Crippen LogP contribution in [0.5, 0.6) is 5.75 Å². The Morgan fingerprint density at radius 3 is 2.77 bits per heavy atom. The molecular formula is C21H17ClF3N5O. The van der Waals surface area contributed by atoms with Gasteiger partial charge in [-0.1, -0.05) is 11.6 Å². The number of nitrogens with zero attached hydrogens (tertiary/aromatic N) is 4. The average Bonchev–Trinajstić information content (AvgIpc) is 3.17. The predicted octanol–water partition coefficient (Wildman–Crippen LogP) is 5.67. The van der Waals surface area contributed by atoms with Crippen LogP contribution in [-0.4, -0.2) is 27.5 Å². The number of halogens is 4. The lowest BCUT2D eigenvalue weighted by Gasteiger charge is -2.26. The summed E-state index contributed by atoms with van der Waals surface area (Å²) in [6, 6.07) is 12.1. The number of hydrogen-bond donors (Lipinski definition) is 1. The molecule has 1 unspecified atom stereocenters. The summed E-state index contributed by atoms with van der Waals surface area (Å²) in [5.74, 6) is 1.53. The minimum atomic E-state index is -4.21. The summed E-state index contributed by atoms with van der Waals surface area (Å²) in [4.78, 5) is 0. The fourth-order valence-electron chi connectivity index (χ4n) is 3.43. The van der Waals surface area contributed by atoms with E-state index in [1.54, 1.807) is 36.4 Å². The van der Waals surface area contributed by atoms with Crippen molar-refractivity contribution in [2.24, 2.45) is 0 Å². The number of nitrogens with one attached hydrogen (secondary N) is 1. The third-order valence-corrected chi connectivity index (χ3v) is 5.20. The normalized spacial score (nSPS) is 14.9. The monoisotopic (exact) mass is 447 g/mol. The van der Waals surface area contributed by atoms with Gasteiger partial charge < -0.3 is 10.1 Å². The molecule has 4 rings (SSSR count). The number of fused-ring (bicyclic) bond motifs is 3. The molecule has 0 bridgehead atoms. The van der Waals surface area contributed by atoms with E-state index in [-0.39, 0.29) is 19.1 Å².